The Labute approximate surface area is 178 Å². The molecule has 0 atom stereocenters. The summed E-state index contributed by atoms with van der Waals surface area (Å²) in [6.07, 6.45) is 6.36. The van der Waals surface area contributed by atoms with Gasteiger partial charge in [0, 0.05) is 11.4 Å². The van der Waals surface area contributed by atoms with Crippen LogP contribution in [-0.2, 0) is 6.42 Å². The molecule has 0 aromatic heterocycles. The van der Waals surface area contributed by atoms with Gasteiger partial charge in [-0.05, 0) is 79.1 Å². The SMILES string of the molecule is CCCCCCc1ccc(NCNc2ccc(/N=N/c3ccc(O)cc3)cc2)cc1. The molecular weight excluding hydrogens is 372 g/mol. The van der Waals surface area contributed by atoms with E-state index in [1.165, 1.54) is 31.2 Å². The van der Waals surface area contributed by atoms with E-state index in [0.717, 1.165) is 23.5 Å². The van der Waals surface area contributed by atoms with E-state index in [1.54, 1.807) is 24.3 Å². The Morgan fingerprint density at radius 1 is 0.667 bits per heavy atom. The van der Waals surface area contributed by atoms with Crippen molar-refractivity contribution in [1.82, 2.24) is 0 Å². The van der Waals surface area contributed by atoms with Crippen molar-refractivity contribution in [2.24, 2.45) is 10.2 Å². The van der Waals surface area contributed by atoms with Crippen LogP contribution in [0.25, 0.3) is 0 Å². The molecular formula is C25H30N4O. The molecule has 0 bridgehead atoms. The summed E-state index contributed by atoms with van der Waals surface area (Å²) < 4.78 is 0. The molecule has 3 aromatic carbocycles. The van der Waals surface area contributed by atoms with Gasteiger partial charge in [-0.1, -0.05) is 38.3 Å². The second-order valence-electron chi connectivity index (χ2n) is 7.30. The number of azo groups is 1. The van der Waals surface area contributed by atoms with Crippen molar-refractivity contribution in [3.63, 3.8) is 0 Å². The van der Waals surface area contributed by atoms with Crippen LogP contribution in [-0.4, -0.2) is 11.8 Å². The summed E-state index contributed by atoms with van der Waals surface area (Å²) in [5.41, 5.74) is 5.00. The lowest BCUT2D eigenvalue weighted by molar-refractivity contribution is 0.475. The summed E-state index contributed by atoms with van der Waals surface area (Å²) in [7, 11) is 0. The molecule has 5 heteroatoms. The normalized spacial score (nSPS) is 11.0. The standard InChI is InChI=1S/C25H30N4O/c1-2-3-4-5-6-20-7-9-21(10-8-20)26-19-27-22-11-13-23(14-12-22)28-29-24-15-17-25(30)18-16-24/h7-18,26-27,30H,2-6,19H2,1H3/b29-28+. The van der Waals surface area contributed by atoms with Gasteiger partial charge in [-0.15, -0.1) is 0 Å². The Kier molecular flexibility index (Phi) is 8.27. The third kappa shape index (κ3) is 7.24. The number of aryl methyl sites for hydroxylation is 1. The second-order valence-corrected chi connectivity index (χ2v) is 7.30. The second kappa shape index (κ2) is 11.6. The van der Waals surface area contributed by atoms with Crippen LogP contribution in [0.4, 0.5) is 22.7 Å². The minimum absolute atomic E-state index is 0.219. The molecule has 3 rings (SSSR count). The lowest BCUT2D eigenvalue weighted by Gasteiger charge is -2.10. The molecule has 3 N–H and O–H groups in total. The zero-order valence-electron chi connectivity index (χ0n) is 17.5. The lowest BCUT2D eigenvalue weighted by atomic mass is 10.1. The zero-order chi connectivity index (χ0) is 21.0. The lowest BCUT2D eigenvalue weighted by Crippen LogP contribution is -2.11. The number of phenolic OH excluding ortho intramolecular Hbond substituents is 1. The maximum Gasteiger partial charge on any atom is 0.115 e. The number of nitrogens with one attached hydrogen (secondary N) is 2. The first kappa shape index (κ1) is 21.4. The fourth-order valence-corrected chi connectivity index (χ4v) is 3.07. The van der Waals surface area contributed by atoms with Crippen molar-refractivity contribution in [2.75, 3.05) is 17.3 Å². The van der Waals surface area contributed by atoms with Crippen molar-refractivity contribution in [2.45, 2.75) is 39.0 Å². The highest BCUT2D eigenvalue weighted by Crippen LogP contribution is 2.22. The van der Waals surface area contributed by atoms with E-state index in [9.17, 15) is 5.11 Å². The van der Waals surface area contributed by atoms with Crippen LogP contribution in [0.5, 0.6) is 5.75 Å². The number of rotatable bonds is 11. The highest BCUT2D eigenvalue weighted by Gasteiger charge is 1.97. The Morgan fingerprint density at radius 3 is 1.77 bits per heavy atom. The predicted octanol–water partition coefficient (Wildman–Crippen LogP) is 7.41. The summed E-state index contributed by atoms with van der Waals surface area (Å²) in [5.74, 6) is 0.219. The van der Waals surface area contributed by atoms with Crippen LogP contribution in [0.2, 0.25) is 0 Å². The van der Waals surface area contributed by atoms with E-state index in [1.807, 2.05) is 24.3 Å². The van der Waals surface area contributed by atoms with Crippen LogP contribution < -0.4 is 10.6 Å². The van der Waals surface area contributed by atoms with Crippen LogP contribution in [0, 0.1) is 0 Å². The first-order chi connectivity index (χ1) is 14.7. The number of hydrogen-bond acceptors (Lipinski definition) is 5. The third-order valence-corrected chi connectivity index (χ3v) is 4.86. The van der Waals surface area contributed by atoms with E-state index >= 15 is 0 Å². The van der Waals surface area contributed by atoms with Crippen LogP contribution >= 0.6 is 0 Å². The van der Waals surface area contributed by atoms with Gasteiger partial charge in [0.2, 0.25) is 0 Å². The summed E-state index contributed by atoms with van der Waals surface area (Å²) in [5, 5.41) is 24.4. The van der Waals surface area contributed by atoms with Crippen LogP contribution in [0.1, 0.15) is 38.2 Å². The van der Waals surface area contributed by atoms with E-state index in [2.05, 4.69) is 52.1 Å². The van der Waals surface area contributed by atoms with Crippen molar-refractivity contribution in [3.8, 4) is 5.75 Å². The van der Waals surface area contributed by atoms with Gasteiger partial charge >= 0.3 is 0 Å². The monoisotopic (exact) mass is 402 g/mol. The molecule has 0 radical (unpaired) electrons. The summed E-state index contributed by atoms with van der Waals surface area (Å²) in [4.78, 5) is 0. The first-order valence-electron chi connectivity index (χ1n) is 10.6. The summed E-state index contributed by atoms with van der Waals surface area (Å²) in [6.45, 7) is 2.89. The molecule has 0 saturated carbocycles. The molecule has 0 fully saturated rings. The number of aromatic hydroxyl groups is 1. The smallest absolute Gasteiger partial charge is 0.115 e. The number of phenols is 1. The molecule has 0 saturated heterocycles. The topological polar surface area (TPSA) is 69.0 Å². The summed E-state index contributed by atoms with van der Waals surface area (Å²) >= 11 is 0. The molecule has 156 valence electrons. The molecule has 0 unspecified atom stereocenters. The van der Waals surface area contributed by atoms with Gasteiger partial charge in [0.25, 0.3) is 0 Å². The number of anilines is 2. The number of unbranched alkanes of at least 4 members (excludes halogenated alkanes) is 3. The zero-order valence-corrected chi connectivity index (χ0v) is 17.5. The van der Waals surface area contributed by atoms with Crippen molar-refractivity contribution in [3.05, 3.63) is 78.4 Å². The van der Waals surface area contributed by atoms with Crippen molar-refractivity contribution >= 4 is 22.7 Å². The average molecular weight is 403 g/mol. The highest BCUT2D eigenvalue weighted by atomic mass is 16.3. The Morgan fingerprint density at radius 2 is 1.20 bits per heavy atom. The van der Waals surface area contributed by atoms with E-state index in [4.69, 9.17) is 0 Å². The van der Waals surface area contributed by atoms with Gasteiger partial charge in [-0.2, -0.15) is 10.2 Å². The largest absolute Gasteiger partial charge is 0.508 e. The molecule has 5 nitrogen and oxygen atoms in total. The molecule has 0 amide bonds. The van der Waals surface area contributed by atoms with Crippen molar-refractivity contribution in [1.29, 1.82) is 0 Å². The molecule has 0 aliphatic heterocycles. The van der Waals surface area contributed by atoms with Gasteiger partial charge in [0.15, 0.2) is 0 Å². The minimum atomic E-state index is 0.219. The average Bonchev–Trinajstić information content (AvgIpc) is 2.78. The fourth-order valence-electron chi connectivity index (χ4n) is 3.07. The maximum atomic E-state index is 9.29. The molecule has 0 aliphatic carbocycles. The van der Waals surface area contributed by atoms with Gasteiger partial charge in [0.1, 0.15) is 5.75 Å². The number of benzene rings is 3. The number of nitrogens with zero attached hydrogens (tertiary/aromatic N) is 2. The Balaban J connectivity index is 1.41. The van der Waals surface area contributed by atoms with Crippen molar-refractivity contribution < 1.29 is 5.11 Å². The quantitative estimate of drug-likeness (QED) is 0.178. The molecule has 30 heavy (non-hydrogen) atoms. The van der Waals surface area contributed by atoms with Gasteiger partial charge in [-0.3, -0.25) is 0 Å². The van der Waals surface area contributed by atoms with Gasteiger partial charge < -0.3 is 15.7 Å². The fraction of sp³-hybridized carbons (Fsp3) is 0.280. The number of hydrogen-bond donors (Lipinski definition) is 3. The molecule has 0 heterocycles. The summed E-state index contributed by atoms with van der Waals surface area (Å²) in [6, 6.07) is 23.1. The Hall–Kier alpha value is -3.34. The van der Waals surface area contributed by atoms with Crippen LogP contribution in [0.15, 0.2) is 83.0 Å². The Bertz CT molecular complexity index is 903. The predicted molar refractivity (Wildman–Crippen MR) is 125 cm³/mol. The molecule has 0 spiro atoms. The van der Waals surface area contributed by atoms with E-state index in [0.29, 0.717) is 12.4 Å². The molecule has 3 aromatic rings. The third-order valence-electron chi connectivity index (χ3n) is 4.86. The van der Waals surface area contributed by atoms with Crippen LogP contribution in [0.3, 0.4) is 0 Å². The van der Waals surface area contributed by atoms with Gasteiger partial charge in [0.05, 0.1) is 18.0 Å². The van der Waals surface area contributed by atoms with E-state index < -0.39 is 0 Å². The highest BCUT2D eigenvalue weighted by molar-refractivity contribution is 5.52. The molecule has 0 aliphatic rings. The first-order valence-corrected chi connectivity index (χ1v) is 10.6. The van der Waals surface area contributed by atoms with E-state index in [-0.39, 0.29) is 5.75 Å². The van der Waals surface area contributed by atoms with Gasteiger partial charge in [-0.25, -0.2) is 0 Å². The maximum absolute atomic E-state index is 9.29. The minimum Gasteiger partial charge on any atom is -0.508 e.